The average molecular weight is 303 g/mol. The molecule has 1 aromatic heterocycles. The highest BCUT2D eigenvalue weighted by atomic mass is 16.5. The van der Waals surface area contributed by atoms with E-state index in [9.17, 15) is 9.59 Å². The number of ether oxygens (including phenoxy) is 1. The van der Waals surface area contributed by atoms with Crippen molar-refractivity contribution in [2.75, 3.05) is 19.7 Å². The Kier molecular flexibility index (Phi) is 3.62. The number of benzene rings is 1. The van der Waals surface area contributed by atoms with Crippen molar-refractivity contribution in [3.05, 3.63) is 35.1 Å². The molecule has 0 saturated carbocycles. The van der Waals surface area contributed by atoms with Crippen molar-refractivity contribution in [3.8, 4) is 0 Å². The molecule has 6 heteroatoms. The molecule has 2 aromatic rings. The average Bonchev–Trinajstić information content (AvgIpc) is 2.85. The molecule has 0 radical (unpaired) electrons. The van der Waals surface area contributed by atoms with Crippen molar-refractivity contribution >= 4 is 22.8 Å². The second-order valence-electron chi connectivity index (χ2n) is 5.46. The van der Waals surface area contributed by atoms with Crippen LogP contribution in [0.3, 0.4) is 0 Å². The van der Waals surface area contributed by atoms with Gasteiger partial charge in [-0.05, 0) is 19.4 Å². The standard InChI is InChI=1S/C16H17NO5/c1-9-4-3-5-11-10(2)14(22-13(9)11)15(18)17-6-7-21-12(8-17)16(19)20/h3-5,12H,6-8H2,1-2H3,(H,19,20)/t12-/m1/s1. The summed E-state index contributed by atoms with van der Waals surface area (Å²) in [6, 6.07) is 5.76. The van der Waals surface area contributed by atoms with Crippen LogP contribution in [0.15, 0.2) is 22.6 Å². The van der Waals surface area contributed by atoms with Crippen LogP contribution in [0.2, 0.25) is 0 Å². The first-order valence-corrected chi connectivity index (χ1v) is 7.11. The number of fused-ring (bicyclic) bond motifs is 1. The summed E-state index contributed by atoms with van der Waals surface area (Å²) in [7, 11) is 0. The van der Waals surface area contributed by atoms with Gasteiger partial charge in [0.15, 0.2) is 11.9 Å². The largest absolute Gasteiger partial charge is 0.479 e. The lowest BCUT2D eigenvalue weighted by atomic mass is 10.1. The molecule has 1 aromatic carbocycles. The lowest BCUT2D eigenvalue weighted by Gasteiger charge is -2.30. The summed E-state index contributed by atoms with van der Waals surface area (Å²) in [6.07, 6.45) is -0.982. The molecule has 1 amide bonds. The molecule has 1 fully saturated rings. The zero-order valence-corrected chi connectivity index (χ0v) is 12.5. The zero-order chi connectivity index (χ0) is 15.9. The number of hydrogen-bond acceptors (Lipinski definition) is 4. The fraction of sp³-hybridized carbons (Fsp3) is 0.375. The van der Waals surface area contributed by atoms with E-state index in [4.69, 9.17) is 14.3 Å². The van der Waals surface area contributed by atoms with Gasteiger partial charge in [-0.25, -0.2) is 4.79 Å². The van der Waals surface area contributed by atoms with Crippen molar-refractivity contribution in [2.45, 2.75) is 20.0 Å². The van der Waals surface area contributed by atoms with E-state index < -0.39 is 12.1 Å². The second-order valence-corrected chi connectivity index (χ2v) is 5.46. The molecule has 1 saturated heterocycles. The Morgan fingerprint density at radius 3 is 2.77 bits per heavy atom. The molecule has 0 unspecified atom stereocenters. The van der Waals surface area contributed by atoms with Crippen LogP contribution in [0.5, 0.6) is 0 Å². The minimum absolute atomic E-state index is 0.0314. The molecule has 2 heterocycles. The predicted octanol–water partition coefficient (Wildman–Crippen LogP) is 1.98. The summed E-state index contributed by atoms with van der Waals surface area (Å²) in [5, 5.41) is 9.94. The van der Waals surface area contributed by atoms with Crippen LogP contribution in [-0.4, -0.2) is 47.7 Å². The van der Waals surface area contributed by atoms with E-state index in [1.165, 1.54) is 4.90 Å². The van der Waals surface area contributed by atoms with Gasteiger partial charge in [0, 0.05) is 17.5 Å². The smallest absolute Gasteiger partial charge is 0.334 e. The Morgan fingerprint density at radius 1 is 1.32 bits per heavy atom. The van der Waals surface area contributed by atoms with Gasteiger partial charge in [0.2, 0.25) is 0 Å². The molecule has 22 heavy (non-hydrogen) atoms. The first-order chi connectivity index (χ1) is 10.5. The maximum absolute atomic E-state index is 12.7. The SMILES string of the molecule is Cc1c(C(=O)N2CCO[C@@H](C(=O)O)C2)oc2c(C)cccc12. The fourth-order valence-electron chi connectivity index (χ4n) is 2.71. The minimum atomic E-state index is -1.06. The van der Waals surface area contributed by atoms with Crippen LogP contribution in [-0.2, 0) is 9.53 Å². The van der Waals surface area contributed by atoms with Gasteiger partial charge in [-0.3, -0.25) is 4.79 Å². The molecule has 1 atom stereocenters. The second kappa shape index (κ2) is 5.46. The van der Waals surface area contributed by atoms with Gasteiger partial charge < -0.3 is 19.2 Å². The molecule has 1 aliphatic rings. The molecule has 6 nitrogen and oxygen atoms in total. The quantitative estimate of drug-likeness (QED) is 0.917. The van der Waals surface area contributed by atoms with Crippen LogP contribution < -0.4 is 0 Å². The number of carboxylic acids is 1. The van der Waals surface area contributed by atoms with Crippen LogP contribution >= 0.6 is 0 Å². The van der Waals surface area contributed by atoms with Gasteiger partial charge in [0.1, 0.15) is 5.58 Å². The summed E-state index contributed by atoms with van der Waals surface area (Å²) in [4.78, 5) is 25.2. The van der Waals surface area contributed by atoms with Gasteiger partial charge in [0.05, 0.1) is 13.2 Å². The van der Waals surface area contributed by atoms with Crippen molar-refractivity contribution in [1.82, 2.24) is 4.90 Å². The van der Waals surface area contributed by atoms with E-state index >= 15 is 0 Å². The number of morpholine rings is 1. The number of amides is 1. The Morgan fingerprint density at radius 2 is 2.09 bits per heavy atom. The monoisotopic (exact) mass is 303 g/mol. The Balaban J connectivity index is 1.94. The van der Waals surface area contributed by atoms with Gasteiger partial charge in [0.25, 0.3) is 5.91 Å². The topological polar surface area (TPSA) is 80.0 Å². The van der Waals surface area contributed by atoms with Crippen LogP contribution in [0.1, 0.15) is 21.7 Å². The summed E-state index contributed by atoms with van der Waals surface area (Å²) < 4.78 is 10.9. The van der Waals surface area contributed by atoms with Gasteiger partial charge in [-0.15, -0.1) is 0 Å². The normalized spacial score (nSPS) is 18.6. The molecule has 116 valence electrons. The Hall–Kier alpha value is -2.34. The van der Waals surface area contributed by atoms with Crippen molar-refractivity contribution in [3.63, 3.8) is 0 Å². The number of carboxylic acid groups (broad SMARTS) is 1. The first-order valence-electron chi connectivity index (χ1n) is 7.11. The lowest BCUT2D eigenvalue weighted by Crippen LogP contribution is -2.48. The minimum Gasteiger partial charge on any atom is -0.479 e. The zero-order valence-electron chi connectivity index (χ0n) is 12.5. The maximum atomic E-state index is 12.7. The highest BCUT2D eigenvalue weighted by Crippen LogP contribution is 2.28. The molecular formula is C16H17NO5. The molecular weight excluding hydrogens is 286 g/mol. The molecule has 0 aliphatic carbocycles. The number of furan rings is 1. The van der Waals surface area contributed by atoms with E-state index in [1.807, 2.05) is 32.0 Å². The van der Waals surface area contributed by atoms with Gasteiger partial charge >= 0.3 is 5.97 Å². The van der Waals surface area contributed by atoms with E-state index in [2.05, 4.69) is 0 Å². The summed E-state index contributed by atoms with van der Waals surface area (Å²) in [5.41, 5.74) is 2.44. The molecule has 3 rings (SSSR count). The third-order valence-corrected chi connectivity index (χ3v) is 3.98. The van der Waals surface area contributed by atoms with Crippen molar-refractivity contribution < 1.29 is 23.8 Å². The predicted molar refractivity (Wildman–Crippen MR) is 79.0 cm³/mol. The Bertz CT molecular complexity index is 748. The van der Waals surface area contributed by atoms with E-state index in [1.54, 1.807) is 0 Å². The number of rotatable bonds is 2. The molecule has 1 aliphatic heterocycles. The van der Waals surface area contributed by atoms with Gasteiger partial charge in [-0.1, -0.05) is 18.2 Å². The summed E-state index contributed by atoms with van der Waals surface area (Å²) in [6.45, 7) is 4.37. The molecule has 1 N–H and O–H groups in total. The molecule has 0 bridgehead atoms. The highest BCUT2D eigenvalue weighted by molar-refractivity contribution is 5.99. The van der Waals surface area contributed by atoms with E-state index in [0.717, 1.165) is 16.5 Å². The lowest BCUT2D eigenvalue weighted by molar-refractivity contribution is -0.154. The number of hydrogen-bond donors (Lipinski definition) is 1. The van der Waals surface area contributed by atoms with Crippen LogP contribution in [0, 0.1) is 13.8 Å². The number of para-hydroxylation sites is 1. The van der Waals surface area contributed by atoms with E-state index in [-0.39, 0.29) is 24.8 Å². The summed E-state index contributed by atoms with van der Waals surface area (Å²) in [5.74, 6) is -1.08. The van der Waals surface area contributed by atoms with E-state index in [0.29, 0.717) is 12.1 Å². The Labute approximate surface area is 127 Å². The first kappa shape index (κ1) is 14.6. The van der Waals surface area contributed by atoms with Crippen molar-refractivity contribution in [1.29, 1.82) is 0 Å². The van der Waals surface area contributed by atoms with Gasteiger partial charge in [-0.2, -0.15) is 0 Å². The summed E-state index contributed by atoms with van der Waals surface area (Å²) >= 11 is 0. The third-order valence-electron chi connectivity index (χ3n) is 3.98. The number of aliphatic carboxylic acids is 1. The fourth-order valence-corrected chi connectivity index (χ4v) is 2.71. The number of carbonyl (C=O) groups is 2. The van der Waals surface area contributed by atoms with Crippen LogP contribution in [0.25, 0.3) is 11.0 Å². The van der Waals surface area contributed by atoms with Crippen LogP contribution in [0.4, 0.5) is 0 Å². The highest BCUT2D eigenvalue weighted by Gasteiger charge is 2.31. The molecule has 0 spiro atoms. The maximum Gasteiger partial charge on any atom is 0.334 e. The van der Waals surface area contributed by atoms with Crippen molar-refractivity contribution in [2.24, 2.45) is 0 Å². The number of aryl methyl sites for hydroxylation is 2. The number of nitrogens with zero attached hydrogens (tertiary/aromatic N) is 1. The number of carbonyl (C=O) groups excluding carboxylic acids is 1. The third kappa shape index (κ3) is 2.35.